The number of nitrogens with zero attached hydrogens (tertiary/aromatic N) is 3. The van der Waals surface area contributed by atoms with Crippen LogP contribution in [0.2, 0.25) is 0 Å². The number of methoxy groups -OCH3 is 1. The molecule has 1 aliphatic rings. The summed E-state index contributed by atoms with van der Waals surface area (Å²) in [6, 6.07) is 9.71. The Kier molecular flexibility index (Phi) is 5.03. The van der Waals surface area contributed by atoms with Crippen molar-refractivity contribution in [2.24, 2.45) is 0 Å². The summed E-state index contributed by atoms with van der Waals surface area (Å²) in [5, 5.41) is 0. The molecule has 1 fully saturated rings. The van der Waals surface area contributed by atoms with Gasteiger partial charge < -0.3 is 14.5 Å². The van der Waals surface area contributed by atoms with E-state index in [1.165, 1.54) is 0 Å². The average Bonchev–Trinajstić information content (AvgIpc) is 2.62. The van der Waals surface area contributed by atoms with Gasteiger partial charge in [-0.1, -0.05) is 19.4 Å². The summed E-state index contributed by atoms with van der Waals surface area (Å²) in [7, 11) is 1.68. The van der Waals surface area contributed by atoms with Gasteiger partial charge >= 0.3 is 0 Å². The van der Waals surface area contributed by atoms with Crippen LogP contribution < -0.4 is 20.1 Å². The Morgan fingerprint density at radius 2 is 1.92 bits per heavy atom. The van der Waals surface area contributed by atoms with Crippen molar-refractivity contribution in [2.45, 2.75) is 19.8 Å². The van der Waals surface area contributed by atoms with Gasteiger partial charge in [-0.3, -0.25) is 9.78 Å². The number of ether oxygens (including phenoxy) is 1. The average molecular weight is 328 g/mol. The molecule has 0 radical (unpaired) electrons. The first kappa shape index (κ1) is 16.4. The Morgan fingerprint density at radius 1 is 1.17 bits per heavy atom. The first-order valence-corrected chi connectivity index (χ1v) is 8.44. The number of piperazine rings is 1. The van der Waals surface area contributed by atoms with Crippen LogP contribution in [-0.4, -0.2) is 43.3 Å². The van der Waals surface area contributed by atoms with Gasteiger partial charge in [-0.15, -0.1) is 0 Å². The summed E-state index contributed by atoms with van der Waals surface area (Å²) in [5.41, 5.74) is 1.96. The maximum absolute atomic E-state index is 11.8. The quantitative estimate of drug-likeness (QED) is 0.910. The Bertz CT molecular complexity index is 736. The van der Waals surface area contributed by atoms with Crippen molar-refractivity contribution in [3.8, 4) is 5.75 Å². The van der Waals surface area contributed by atoms with Gasteiger partial charge in [0, 0.05) is 49.7 Å². The minimum atomic E-state index is -0.0707. The molecule has 1 aromatic carbocycles. The van der Waals surface area contributed by atoms with Crippen LogP contribution in [0.25, 0.3) is 0 Å². The molecule has 6 nitrogen and oxygen atoms in total. The van der Waals surface area contributed by atoms with Gasteiger partial charge in [-0.05, 0) is 18.6 Å². The molecule has 6 heteroatoms. The lowest BCUT2D eigenvalue weighted by atomic mass is 10.2. The van der Waals surface area contributed by atoms with Crippen molar-refractivity contribution in [3.05, 3.63) is 46.4 Å². The predicted octanol–water partition coefficient (Wildman–Crippen LogP) is 2.06. The Balaban J connectivity index is 1.69. The molecule has 1 N–H and O–H groups in total. The molecule has 0 amide bonds. The van der Waals surface area contributed by atoms with Crippen molar-refractivity contribution in [1.29, 1.82) is 0 Å². The standard InChI is InChI=1S/C18H24N4O2/c1-3-5-14-12-17(23)20-18(19-14)22-10-8-21(9-11-22)15-6-4-7-16(13-15)24-2/h4,6-7,12-13H,3,5,8-11H2,1-2H3,(H,19,20,23). The highest BCUT2D eigenvalue weighted by Gasteiger charge is 2.19. The molecule has 0 saturated carbocycles. The zero-order valence-electron chi connectivity index (χ0n) is 14.3. The number of hydrogen-bond donors (Lipinski definition) is 1. The van der Waals surface area contributed by atoms with E-state index in [4.69, 9.17) is 4.74 Å². The number of aryl methyl sites for hydroxylation is 1. The lowest BCUT2D eigenvalue weighted by Gasteiger charge is -2.36. The zero-order chi connectivity index (χ0) is 16.9. The summed E-state index contributed by atoms with van der Waals surface area (Å²) in [6.45, 7) is 5.52. The summed E-state index contributed by atoms with van der Waals surface area (Å²) >= 11 is 0. The fourth-order valence-corrected chi connectivity index (χ4v) is 3.01. The highest BCUT2D eigenvalue weighted by molar-refractivity contribution is 5.52. The van der Waals surface area contributed by atoms with Crippen LogP contribution >= 0.6 is 0 Å². The van der Waals surface area contributed by atoms with Crippen LogP contribution in [0.15, 0.2) is 35.1 Å². The van der Waals surface area contributed by atoms with E-state index >= 15 is 0 Å². The first-order chi connectivity index (χ1) is 11.7. The van der Waals surface area contributed by atoms with Crippen LogP contribution in [-0.2, 0) is 6.42 Å². The van der Waals surface area contributed by atoms with Crippen molar-refractivity contribution < 1.29 is 4.74 Å². The van der Waals surface area contributed by atoms with Crippen molar-refractivity contribution in [2.75, 3.05) is 43.1 Å². The summed E-state index contributed by atoms with van der Waals surface area (Å²) in [5.74, 6) is 1.56. The van der Waals surface area contributed by atoms with Gasteiger partial charge in [-0.25, -0.2) is 4.98 Å². The van der Waals surface area contributed by atoms with Crippen LogP contribution in [0.3, 0.4) is 0 Å². The molecule has 128 valence electrons. The number of hydrogen-bond acceptors (Lipinski definition) is 5. The first-order valence-electron chi connectivity index (χ1n) is 8.44. The fourth-order valence-electron chi connectivity index (χ4n) is 3.01. The van der Waals surface area contributed by atoms with E-state index < -0.39 is 0 Å². The number of aromatic nitrogens is 2. The molecule has 0 aliphatic carbocycles. The van der Waals surface area contributed by atoms with Crippen LogP contribution in [0, 0.1) is 0 Å². The number of aromatic amines is 1. The van der Waals surface area contributed by atoms with E-state index in [0.29, 0.717) is 5.95 Å². The molecule has 0 atom stereocenters. The van der Waals surface area contributed by atoms with Crippen molar-refractivity contribution >= 4 is 11.6 Å². The third-order valence-electron chi connectivity index (χ3n) is 4.29. The molecule has 2 heterocycles. The maximum Gasteiger partial charge on any atom is 0.252 e. The number of H-pyrrole nitrogens is 1. The van der Waals surface area contributed by atoms with E-state index in [1.54, 1.807) is 13.2 Å². The summed E-state index contributed by atoms with van der Waals surface area (Å²) in [4.78, 5) is 23.8. The molecule has 2 aromatic rings. The zero-order valence-corrected chi connectivity index (χ0v) is 14.3. The van der Waals surface area contributed by atoms with E-state index in [1.807, 2.05) is 12.1 Å². The Hall–Kier alpha value is -2.50. The van der Waals surface area contributed by atoms with Gasteiger partial charge in [0.2, 0.25) is 5.95 Å². The Morgan fingerprint density at radius 3 is 2.62 bits per heavy atom. The van der Waals surface area contributed by atoms with Crippen LogP contribution in [0.5, 0.6) is 5.75 Å². The van der Waals surface area contributed by atoms with E-state index in [0.717, 1.165) is 56.2 Å². The molecular formula is C18H24N4O2. The molecule has 1 aliphatic heterocycles. The van der Waals surface area contributed by atoms with Gasteiger partial charge in [0.25, 0.3) is 5.56 Å². The second-order valence-corrected chi connectivity index (χ2v) is 5.99. The molecule has 0 bridgehead atoms. The highest BCUT2D eigenvalue weighted by Crippen LogP contribution is 2.22. The molecule has 3 rings (SSSR count). The molecular weight excluding hydrogens is 304 g/mol. The monoisotopic (exact) mass is 328 g/mol. The minimum Gasteiger partial charge on any atom is -0.497 e. The summed E-state index contributed by atoms with van der Waals surface area (Å²) in [6.07, 6.45) is 1.82. The smallest absolute Gasteiger partial charge is 0.252 e. The van der Waals surface area contributed by atoms with Gasteiger partial charge in [-0.2, -0.15) is 0 Å². The van der Waals surface area contributed by atoms with E-state index in [9.17, 15) is 4.79 Å². The number of anilines is 2. The number of benzene rings is 1. The SMILES string of the molecule is CCCc1cc(=O)[nH]c(N2CCN(c3cccc(OC)c3)CC2)n1. The summed E-state index contributed by atoms with van der Waals surface area (Å²) < 4.78 is 5.30. The molecule has 0 unspecified atom stereocenters. The Labute approximate surface area is 142 Å². The van der Waals surface area contributed by atoms with E-state index in [2.05, 4.69) is 38.8 Å². The molecule has 0 spiro atoms. The molecule has 1 saturated heterocycles. The number of nitrogens with one attached hydrogen (secondary N) is 1. The third-order valence-corrected chi connectivity index (χ3v) is 4.29. The topological polar surface area (TPSA) is 61.5 Å². The molecule has 1 aromatic heterocycles. The number of rotatable bonds is 5. The van der Waals surface area contributed by atoms with Crippen LogP contribution in [0.1, 0.15) is 19.0 Å². The van der Waals surface area contributed by atoms with Gasteiger partial charge in [0.15, 0.2) is 0 Å². The largest absolute Gasteiger partial charge is 0.497 e. The third kappa shape index (κ3) is 3.69. The minimum absolute atomic E-state index is 0.0707. The van der Waals surface area contributed by atoms with Crippen molar-refractivity contribution in [1.82, 2.24) is 9.97 Å². The van der Waals surface area contributed by atoms with Gasteiger partial charge in [0.1, 0.15) is 5.75 Å². The maximum atomic E-state index is 11.8. The van der Waals surface area contributed by atoms with Crippen molar-refractivity contribution in [3.63, 3.8) is 0 Å². The fraction of sp³-hybridized carbons (Fsp3) is 0.444. The predicted molar refractivity (Wildman–Crippen MR) is 96.3 cm³/mol. The van der Waals surface area contributed by atoms with Crippen LogP contribution in [0.4, 0.5) is 11.6 Å². The second-order valence-electron chi connectivity index (χ2n) is 5.99. The van der Waals surface area contributed by atoms with Gasteiger partial charge in [0.05, 0.1) is 7.11 Å². The van der Waals surface area contributed by atoms with E-state index in [-0.39, 0.29) is 5.56 Å². The lowest BCUT2D eigenvalue weighted by Crippen LogP contribution is -2.47. The lowest BCUT2D eigenvalue weighted by molar-refractivity contribution is 0.414. The molecule has 24 heavy (non-hydrogen) atoms. The normalized spacial score (nSPS) is 14.8. The highest BCUT2D eigenvalue weighted by atomic mass is 16.5. The second kappa shape index (κ2) is 7.38.